The van der Waals surface area contributed by atoms with Gasteiger partial charge in [0.05, 0.1) is 25.6 Å². The van der Waals surface area contributed by atoms with Gasteiger partial charge in [-0.05, 0) is 75.3 Å². The SMILES string of the molecule is O=c1cnc2cnc(Nc3ccc(N4CCC(CCCN5CCOCC5)CC4)cc3)nc2n1C1CCCC1. The third-order valence-electron chi connectivity index (χ3n) is 8.51. The van der Waals surface area contributed by atoms with Gasteiger partial charge >= 0.3 is 0 Å². The minimum Gasteiger partial charge on any atom is -0.379 e. The number of morpholine rings is 1. The van der Waals surface area contributed by atoms with Gasteiger partial charge in [-0.2, -0.15) is 4.98 Å². The molecule has 3 aromatic rings. The average Bonchev–Trinajstić information content (AvgIpc) is 3.49. The summed E-state index contributed by atoms with van der Waals surface area (Å²) in [5.41, 5.74) is 3.39. The van der Waals surface area contributed by atoms with Gasteiger partial charge in [0.1, 0.15) is 5.52 Å². The molecule has 9 heteroatoms. The van der Waals surface area contributed by atoms with E-state index in [4.69, 9.17) is 9.72 Å². The third-order valence-corrected chi connectivity index (χ3v) is 8.51. The molecule has 38 heavy (non-hydrogen) atoms. The third kappa shape index (κ3) is 5.83. The lowest BCUT2D eigenvalue weighted by Gasteiger charge is -2.34. The van der Waals surface area contributed by atoms with Crippen molar-refractivity contribution in [1.82, 2.24) is 24.4 Å². The summed E-state index contributed by atoms with van der Waals surface area (Å²) in [6.07, 6.45) is 12.6. The maximum Gasteiger partial charge on any atom is 0.270 e. The highest BCUT2D eigenvalue weighted by Crippen LogP contribution is 2.30. The lowest BCUT2D eigenvalue weighted by molar-refractivity contribution is 0.0365. The molecule has 3 fully saturated rings. The first kappa shape index (κ1) is 25.2. The van der Waals surface area contributed by atoms with Crippen LogP contribution in [0.4, 0.5) is 17.3 Å². The average molecular weight is 518 g/mol. The summed E-state index contributed by atoms with van der Waals surface area (Å²) in [5, 5.41) is 3.32. The Morgan fingerprint density at radius 2 is 1.68 bits per heavy atom. The van der Waals surface area contributed by atoms with Gasteiger partial charge in [0, 0.05) is 43.6 Å². The molecule has 6 rings (SSSR count). The van der Waals surface area contributed by atoms with Gasteiger partial charge in [0.25, 0.3) is 5.56 Å². The summed E-state index contributed by atoms with van der Waals surface area (Å²) in [6.45, 7) is 7.42. The Morgan fingerprint density at radius 1 is 0.921 bits per heavy atom. The van der Waals surface area contributed by atoms with Crippen molar-refractivity contribution in [2.24, 2.45) is 5.92 Å². The van der Waals surface area contributed by atoms with Gasteiger partial charge in [-0.3, -0.25) is 14.3 Å². The zero-order valence-electron chi connectivity index (χ0n) is 22.2. The first-order valence-electron chi connectivity index (χ1n) is 14.4. The number of hydrogen-bond donors (Lipinski definition) is 1. The van der Waals surface area contributed by atoms with Gasteiger partial charge in [-0.1, -0.05) is 12.8 Å². The zero-order chi connectivity index (χ0) is 25.7. The fourth-order valence-electron chi connectivity index (χ4n) is 6.29. The second kappa shape index (κ2) is 11.8. The van der Waals surface area contributed by atoms with Crippen LogP contribution in [0.25, 0.3) is 11.2 Å². The van der Waals surface area contributed by atoms with Crippen LogP contribution in [0.3, 0.4) is 0 Å². The fraction of sp³-hybridized carbons (Fsp3) is 0.586. The van der Waals surface area contributed by atoms with Crippen LogP contribution in [0.15, 0.2) is 41.5 Å². The maximum absolute atomic E-state index is 12.6. The van der Waals surface area contributed by atoms with Crippen molar-refractivity contribution in [3.05, 3.63) is 47.0 Å². The minimum atomic E-state index is -0.0840. The fourth-order valence-corrected chi connectivity index (χ4v) is 6.29. The number of ether oxygens (including phenoxy) is 1. The van der Waals surface area contributed by atoms with E-state index in [0.29, 0.717) is 17.1 Å². The summed E-state index contributed by atoms with van der Waals surface area (Å²) in [6, 6.07) is 8.73. The number of fused-ring (bicyclic) bond motifs is 1. The van der Waals surface area contributed by atoms with E-state index < -0.39 is 0 Å². The normalized spacial score (nSPS) is 19.8. The molecule has 1 aliphatic carbocycles. The molecule has 1 saturated carbocycles. The van der Waals surface area contributed by atoms with E-state index in [-0.39, 0.29) is 11.6 Å². The van der Waals surface area contributed by atoms with E-state index in [1.54, 1.807) is 6.20 Å². The monoisotopic (exact) mass is 517 g/mol. The number of benzene rings is 1. The maximum atomic E-state index is 12.6. The highest BCUT2D eigenvalue weighted by Gasteiger charge is 2.22. The molecule has 0 spiro atoms. The highest BCUT2D eigenvalue weighted by atomic mass is 16.5. The first-order chi connectivity index (χ1) is 18.7. The Morgan fingerprint density at radius 3 is 2.45 bits per heavy atom. The lowest BCUT2D eigenvalue weighted by Crippen LogP contribution is -2.37. The Balaban J connectivity index is 1.04. The predicted molar refractivity (Wildman–Crippen MR) is 150 cm³/mol. The molecule has 4 heterocycles. The number of hydrogen-bond acceptors (Lipinski definition) is 8. The van der Waals surface area contributed by atoms with Crippen LogP contribution in [0.1, 0.15) is 57.4 Å². The van der Waals surface area contributed by atoms with Crippen LogP contribution in [-0.4, -0.2) is 70.4 Å². The molecule has 0 unspecified atom stereocenters. The molecule has 1 N–H and O–H groups in total. The standard InChI is InChI=1S/C29H39N7O2/c37-27-21-30-26-20-31-29(33-28(26)36(27)25-5-1-2-6-25)32-23-7-9-24(10-8-23)35-14-11-22(12-15-35)4-3-13-34-16-18-38-19-17-34/h7-10,20-22,25H,1-6,11-19H2,(H,31,32,33). The second-order valence-corrected chi connectivity index (χ2v) is 11.0. The quantitative estimate of drug-likeness (QED) is 0.471. The summed E-state index contributed by atoms with van der Waals surface area (Å²) in [4.78, 5) is 31.1. The van der Waals surface area contributed by atoms with Crippen LogP contribution in [-0.2, 0) is 4.74 Å². The predicted octanol–water partition coefficient (Wildman–Crippen LogP) is 4.37. The smallest absolute Gasteiger partial charge is 0.270 e. The van der Waals surface area contributed by atoms with Gasteiger partial charge in [-0.15, -0.1) is 0 Å². The van der Waals surface area contributed by atoms with Crippen molar-refractivity contribution in [3.8, 4) is 0 Å². The number of rotatable bonds is 8. The van der Waals surface area contributed by atoms with E-state index in [2.05, 4.69) is 49.4 Å². The van der Waals surface area contributed by atoms with Crippen LogP contribution >= 0.6 is 0 Å². The van der Waals surface area contributed by atoms with Crippen molar-refractivity contribution in [1.29, 1.82) is 0 Å². The second-order valence-electron chi connectivity index (χ2n) is 11.0. The Kier molecular flexibility index (Phi) is 7.83. The van der Waals surface area contributed by atoms with Gasteiger partial charge in [0.15, 0.2) is 5.65 Å². The molecule has 0 radical (unpaired) electrons. The first-order valence-corrected chi connectivity index (χ1v) is 14.4. The van der Waals surface area contributed by atoms with E-state index in [1.165, 1.54) is 44.1 Å². The number of piperidine rings is 1. The van der Waals surface area contributed by atoms with Crippen molar-refractivity contribution >= 4 is 28.5 Å². The molecule has 0 amide bonds. The van der Waals surface area contributed by atoms with E-state index in [1.807, 2.05) is 4.57 Å². The van der Waals surface area contributed by atoms with Gasteiger partial charge < -0.3 is 15.0 Å². The molecule has 0 bridgehead atoms. The van der Waals surface area contributed by atoms with Crippen LogP contribution in [0.2, 0.25) is 0 Å². The molecule has 1 aromatic carbocycles. The Bertz CT molecular complexity index is 1260. The molecular formula is C29H39N7O2. The molecule has 0 atom stereocenters. The zero-order valence-corrected chi connectivity index (χ0v) is 22.2. The molecule has 3 aliphatic rings. The van der Waals surface area contributed by atoms with E-state index in [9.17, 15) is 4.79 Å². The molecule has 202 valence electrons. The molecular weight excluding hydrogens is 478 g/mol. The van der Waals surface area contributed by atoms with Gasteiger partial charge in [-0.25, -0.2) is 9.97 Å². The van der Waals surface area contributed by atoms with Crippen molar-refractivity contribution < 1.29 is 4.74 Å². The van der Waals surface area contributed by atoms with E-state index in [0.717, 1.165) is 76.7 Å². The molecule has 2 saturated heterocycles. The lowest BCUT2D eigenvalue weighted by atomic mass is 9.92. The summed E-state index contributed by atoms with van der Waals surface area (Å²) < 4.78 is 7.27. The minimum absolute atomic E-state index is 0.0840. The number of nitrogens with zero attached hydrogens (tertiary/aromatic N) is 6. The summed E-state index contributed by atoms with van der Waals surface area (Å²) in [5.74, 6) is 1.33. The van der Waals surface area contributed by atoms with Crippen molar-refractivity contribution in [2.75, 3.05) is 56.2 Å². The summed E-state index contributed by atoms with van der Waals surface area (Å²) >= 11 is 0. The Hall–Kier alpha value is -3.04. The molecule has 9 nitrogen and oxygen atoms in total. The molecule has 2 aliphatic heterocycles. The van der Waals surface area contributed by atoms with Crippen LogP contribution in [0.5, 0.6) is 0 Å². The number of anilines is 3. The Labute approximate surface area is 224 Å². The highest BCUT2D eigenvalue weighted by molar-refractivity contribution is 5.71. The number of nitrogens with one attached hydrogen (secondary N) is 1. The number of aromatic nitrogens is 4. The molecule has 2 aromatic heterocycles. The van der Waals surface area contributed by atoms with E-state index >= 15 is 0 Å². The van der Waals surface area contributed by atoms with Crippen molar-refractivity contribution in [2.45, 2.75) is 57.4 Å². The van der Waals surface area contributed by atoms with Crippen molar-refractivity contribution in [3.63, 3.8) is 0 Å². The van der Waals surface area contributed by atoms with Crippen LogP contribution in [0, 0.1) is 5.92 Å². The topological polar surface area (TPSA) is 88.4 Å². The van der Waals surface area contributed by atoms with Crippen LogP contribution < -0.4 is 15.8 Å². The summed E-state index contributed by atoms with van der Waals surface area (Å²) in [7, 11) is 0. The largest absolute Gasteiger partial charge is 0.379 e. The van der Waals surface area contributed by atoms with Gasteiger partial charge in [0.2, 0.25) is 5.95 Å².